The van der Waals surface area contributed by atoms with Crippen LogP contribution in [-0.4, -0.2) is 0 Å². The monoisotopic (exact) mass is 212 g/mol. The summed E-state index contributed by atoms with van der Waals surface area (Å²) < 4.78 is 13.7. The van der Waals surface area contributed by atoms with Gasteiger partial charge in [-0.2, -0.15) is 0 Å². The van der Waals surface area contributed by atoms with Gasteiger partial charge in [0.05, 0.1) is 0 Å². The first-order chi connectivity index (χ1) is 7.83. The molecule has 0 fully saturated rings. The lowest BCUT2D eigenvalue weighted by atomic mass is 9.91. The molecular weight excluding hydrogens is 199 g/mol. The van der Waals surface area contributed by atoms with Crippen LogP contribution in [0.25, 0.3) is 0 Å². The molecule has 2 aromatic rings. The summed E-state index contributed by atoms with van der Waals surface area (Å²) >= 11 is 0. The molecule has 0 heterocycles. The summed E-state index contributed by atoms with van der Waals surface area (Å²) in [5, 5.41) is 0. The van der Waals surface area contributed by atoms with E-state index in [1.54, 1.807) is 18.2 Å². The molecule has 0 aliphatic heterocycles. The van der Waals surface area contributed by atoms with Crippen molar-refractivity contribution in [2.24, 2.45) is 0 Å². The number of rotatable bonds is 3. The highest BCUT2D eigenvalue weighted by atomic mass is 19.1. The van der Waals surface area contributed by atoms with Crippen LogP contribution >= 0.6 is 0 Å². The highest BCUT2D eigenvalue weighted by Gasteiger charge is 2.13. The van der Waals surface area contributed by atoms with E-state index < -0.39 is 0 Å². The molecule has 0 spiro atoms. The molecule has 16 heavy (non-hydrogen) atoms. The molecule has 0 aromatic heterocycles. The van der Waals surface area contributed by atoms with Crippen molar-refractivity contribution in [2.45, 2.75) is 5.92 Å². The summed E-state index contributed by atoms with van der Waals surface area (Å²) in [6.07, 6.45) is 1.77. The lowest BCUT2D eigenvalue weighted by Crippen LogP contribution is -1.99. The summed E-state index contributed by atoms with van der Waals surface area (Å²) in [6, 6.07) is 16.6. The van der Waals surface area contributed by atoms with Gasteiger partial charge in [-0.25, -0.2) is 4.39 Å². The van der Waals surface area contributed by atoms with Crippen LogP contribution in [-0.2, 0) is 0 Å². The van der Waals surface area contributed by atoms with Gasteiger partial charge in [-0.15, -0.1) is 6.58 Å². The van der Waals surface area contributed by atoms with E-state index in [0.29, 0.717) is 5.56 Å². The molecule has 0 saturated heterocycles. The molecule has 0 aliphatic carbocycles. The highest BCUT2D eigenvalue weighted by Crippen LogP contribution is 2.27. The Balaban J connectivity index is 2.45. The third kappa shape index (κ3) is 2.03. The van der Waals surface area contributed by atoms with Crippen molar-refractivity contribution in [3.63, 3.8) is 0 Å². The van der Waals surface area contributed by atoms with Gasteiger partial charge in [0.1, 0.15) is 5.82 Å². The Hall–Kier alpha value is -1.89. The minimum Gasteiger partial charge on any atom is -0.207 e. The number of halogens is 1. The minimum absolute atomic E-state index is 0.0811. The second-order valence-electron chi connectivity index (χ2n) is 3.65. The molecule has 0 aliphatic rings. The third-order valence-electron chi connectivity index (χ3n) is 2.63. The smallest absolute Gasteiger partial charge is 0.127 e. The molecule has 1 atom stereocenters. The standard InChI is InChI=1S/C15H13F/c1-2-13(12-8-4-3-5-9-12)14-10-6-7-11-15(14)16/h2-11,13H,1H2. The van der Waals surface area contributed by atoms with E-state index in [0.717, 1.165) is 5.56 Å². The first-order valence-corrected chi connectivity index (χ1v) is 5.25. The van der Waals surface area contributed by atoms with E-state index in [4.69, 9.17) is 0 Å². The molecule has 0 radical (unpaired) electrons. The van der Waals surface area contributed by atoms with Gasteiger partial charge in [0.2, 0.25) is 0 Å². The lowest BCUT2D eigenvalue weighted by molar-refractivity contribution is 0.608. The predicted octanol–water partition coefficient (Wildman–Crippen LogP) is 4.14. The van der Waals surface area contributed by atoms with E-state index >= 15 is 0 Å². The van der Waals surface area contributed by atoms with Gasteiger partial charge in [0.15, 0.2) is 0 Å². The van der Waals surface area contributed by atoms with Crippen molar-refractivity contribution >= 4 is 0 Å². The van der Waals surface area contributed by atoms with E-state index in [1.807, 2.05) is 36.4 Å². The second-order valence-corrected chi connectivity index (χ2v) is 3.65. The first kappa shape index (κ1) is 10.6. The summed E-state index contributed by atoms with van der Waals surface area (Å²) in [4.78, 5) is 0. The molecular formula is C15H13F. The minimum atomic E-state index is -0.184. The molecule has 2 rings (SSSR count). The highest BCUT2D eigenvalue weighted by molar-refractivity contribution is 5.36. The van der Waals surface area contributed by atoms with Crippen LogP contribution in [0.4, 0.5) is 4.39 Å². The van der Waals surface area contributed by atoms with Crippen LogP contribution in [0.3, 0.4) is 0 Å². The summed E-state index contributed by atoms with van der Waals surface area (Å²) in [5.74, 6) is -0.265. The fourth-order valence-electron chi connectivity index (χ4n) is 1.83. The number of benzene rings is 2. The summed E-state index contributed by atoms with van der Waals surface area (Å²) in [6.45, 7) is 3.79. The maximum atomic E-state index is 13.7. The van der Waals surface area contributed by atoms with Crippen LogP contribution in [0.2, 0.25) is 0 Å². The van der Waals surface area contributed by atoms with Crippen LogP contribution in [0.5, 0.6) is 0 Å². The van der Waals surface area contributed by atoms with Gasteiger partial charge in [0, 0.05) is 5.92 Å². The Morgan fingerprint density at radius 3 is 2.19 bits per heavy atom. The SMILES string of the molecule is C=CC(c1ccccc1)c1ccccc1F. The van der Waals surface area contributed by atoms with Crippen molar-refractivity contribution in [3.05, 3.63) is 84.2 Å². The van der Waals surface area contributed by atoms with Crippen molar-refractivity contribution in [1.29, 1.82) is 0 Å². The fraction of sp³-hybridized carbons (Fsp3) is 0.0667. The topological polar surface area (TPSA) is 0 Å². The molecule has 0 bridgehead atoms. The largest absolute Gasteiger partial charge is 0.207 e. The zero-order valence-corrected chi connectivity index (χ0v) is 8.94. The van der Waals surface area contributed by atoms with E-state index in [9.17, 15) is 4.39 Å². The second kappa shape index (κ2) is 4.75. The molecule has 0 amide bonds. The number of hydrogen-bond donors (Lipinski definition) is 0. The van der Waals surface area contributed by atoms with E-state index in [-0.39, 0.29) is 11.7 Å². The Bertz CT molecular complexity index is 474. The van der Waals surface area contributed by atoms with Gasteiger partial charge < -0.3 is 0 Å². The third-order valence-corrected chi connectivity index (χ3v) is 2.63. The summed E-state index contributed by atoms with van der Waals surface area (Å²) in [7, 11) is 0. The van der Waals surface area contributed by atoms with E-state index in [2.05, 4.69) is 6.58 Å². The van der Waals surface area contributed by atoms with Gasteiger partial charge in [-0.1, -0.05) is 54.6 Å². The van der Waals surface area contributed by atoms with Crippen molar-refractivity contribution in [2.75, 3.05) is 0 Å². The summed E-state index contributed by atoms with van der Waals surface area (Å²) in [5.41, 5.74) is 1.73. The molecule has 1 unspecified atom stereocenters. The van der Waals surface area contributed by atoms with Gasteiger partial charge >= 0.3 is 0 Å². The molecule has 0 N–H and O–H groups in total. The van der Waals surface area contributed by atoms with Crippen LogP contribution < -0.4 is 0 Å². The molecule has 0 saturated carbocycles. The maximum absolute atomic E-state index is 13.7. The lowest BCUT2D eigenvalue weighted by Gasteiger charge is -2.14. The van der Waals surface area contributed by atoms with Gasteiger partial charge in [0.25, 0.3) is 0 Å². The average molecular weight is 212 g/mol. The Morgan fingerprint density at radius 2 is 1.56 bits per heavy atom. The fourth-order valence-corrected chi connectivity index (χ4v) is 1.83. The normalized spacial score (nSPS) is 12.1. The Labute approximate surface area is 95.1 Å². The van der Waals surface area contributed by atoms with Crippen LogP contribution in [0, 0.1) is 5.82 Å². The van der Waals surface area contributed by atoms with Gasteiger partial charge in [-0.3, -0.25) is 0 Å². The molecule has 2 aromatic carbocycles. The molecule has 1 heteroatoms. The zero-order valence-electron chi connectivity index (χ0n) is 8.94. The predicted molar refractivity (Wildman–Crippen MR) is 64.9 cm³/mol. The zero-order chi connectivity index (χ0) is 11.4. The van der Waals surface area contributed by atoms with E-state index in [1.165, 1.54) is 6.07 Å². The molecule has 80 valence electrons. The quantitative estimate of drug-likeness (QED) is 0.671. The van der Waals surface area contributed by atoms with Gasteiger partial charge in [-0.05, 0) is 17.2 Å². The Kier molecular flexibility index (Phi) is 3.16. The van der Waals surface area contributed by atoms with Crippen LogP contribution in [0.1, 0.15) is 17.0 Å². The number of hydrogen-bond acceptors (Lipinski definition) is 0. The van der Waals surface area contributed by atoms with Crippen molar-refractivity contribution < 1.29 is 4.39 Å². The van der Waals surface area contributed by atoms with Crippen LogP contribution in [0.15, 0.2) is 67.3 Å². The van der Waals surface area contributed by atoms with Crippen molar-refractivity contribution in [1.82, 2.24) is 0 Å². The first-order valence-electron chi connectivity index (χ1n) is 5.25. The average Bonchev–Trinajstić information content (AvgIpc) is 2.34. The number of allylic oxidation sites excluding steroid dienone is 1. The molecule has 0 nitrogen and oxygen atoms in total. The van der Waals surface area contributed by atoms with Crippen molar-refractivity contribution in [3.8, 4) is 0 Å². The Morgan fingerprint density at radius 1 is 0.938 bits per heavy atom. The maximum Gasteiger partial charge on any atom is 0.127 e.